The van der Waals surface area contributed by atoms with E-state index in [1.807, 2.05) is 0 Å². The van der Waals surface area contributed by atoms with E-state index in [9.17, 15) is 9.59 Å². The van der Waals surface area contributed by atoms with Gasteiger partial charge in [0.2, 0.25) is 23.6 Å². The second-order valence-electron chi connectivity index (χ2n) is 4.47. The molecule has 0 heterocycles. The third kappa shape index (κ3) is 2.48. The largest absolute Gasteiger partial charge is 0.349 e. The molecule has 0 spiro atoms. The van der Waals surface area contributed by atoms with Crippen molar-refractivity contribution in [1.29, 1.82) is 0 Å². The molecule has 0 aliphatic heterocycles. The Morgan fingerprint density at radius 2 is 1.23 bits per heavy atom. The highest BCUT2D eigenvalue weighted by Crippen LogP contribution is 2.39. The van der Waals surface area contributed by atoms with E-state index in [4.69, 9.17) is 9.47 Å². The molecule has 0 N–H and O–H groups in total. The first kappa shape index (κ1) is 15.8. The van der Waals surface area contributed by atoms with Gasteiger partial charge in [-0.15, -0.1) is 0 Å². The van der Waals surface area contributed by atoms with E-state index in [2.05, 4.69) is 9.98 Å². The number of rotatable bonds is 4. The van der Waals surface area contributed by atoms with Crippen LogP contribution >= 0.6 is 0 Å². The van der Waals surface area contributed by atoms with Gasteiger partial charge in [0.25, 0.3) is 0 Å². The first-order valence-corrected chi connectivity index (χ1v) is 6.43. The average molecular weight is 298 g/mol. The third-order valence-corrected chi connectivity index (χ3v) is 3.50. The molecular formula is C16H14N2O4. The Balaban J connectivity index is 2.78. The van der Waals surface area contributed by atoms with Crippen molar-refractivity contribution in [2.24, 2.45) is 9.98 Å². The predicted octanol–water partition coefficient (Wildman–Crippen LogP) is 1.89. The van der Waals surface area contributed by atoms with Crippen LogP contribution in [0, 0.1) is 0 Å². The topological polar surface area (TPSA) is 77.3 Å². The van der Waals surface area contributed by atoms with Gasteiger partial charge in [0.15, 0.2) is 0 Å². The number of isocyanates is 2. The summed E-state index contributed by atoms with van der Waals surface area (Å²) in [7, 11) is 2.84. The number of hydrogen-bond acceptors (Lipinski definition) is 6. The highest BCUT2D eigenvalue weighted by molar-refractivity contribution is 5.57. The molecule has 2 aliphatic rings. The Hall–Kier alpha value is -2.62. The van der Waals surface area contributed by atoms with Gasteiger partial charge in [-0.05, 0) is 12.2 Å². The van der Waals surface area contributed by atoms with E-state index in [1.54, 1.807) is 48.6 Å². The fourth-order valence-corrected chi connectivity index (χ4v) is 2.44. The SMILES string of the molecule is COC1(N=C=O)C=CC=C/C1=C1/C=CC=CC1(N=C=O)OC. The Labute approximate surface area is 127 Å². The summed E-state index contributed by atoms with van der Waals surface area (Å²) in [6.45, 7) is 0. The summed E-state index contributed by atoms with van der Waals surface area (Å²) in [4.78, 5) is 29.2. The number of ether oxygens (including phenoxy) is 2. The van der Waals surface area contributed by atoms with E-state index >= 15 is 0 Å². The maximum Gasteiger partial charge on any atom is 0.238 e. The van der Waals surface area contributed by atoms with Crippen LogP contribution < -0.4 is 0 Å². The van der Waals surface area contributed by atoms with Gasteiger partial charge in [-0.1, -0.05) is 36.5 Å². The lowest BCUT2D eigenvalue weighted by Gasteiger charge is -2.34. The van der Waals surface area contributed by atoms with E-state index in [0.717, 1.165) is 0 Å². The molecule has 0 saturated heterocycles. The average Bonchev–Trinajstić information content (AvgIpc) is 2.56. The molecular weight excluding hydrogens is 284 g/mol. The Kier molecular flexibility index (Phi) is 4.61. The van der Waals surface area contributed by atoms with Gasteiger partial charge in [0.1, 0.15) is 0 Å². The monoisotopic (exact) mass is 298 g/mol. The van der Waals surface area contributed by atoms with Crippen LogP contribution in [0.4, 0.5) is 0 Å². The lowest BCUT2D eigenvalue weighted by atomic mass is 9.85. The summed E-state index contributed by atoms with van der Waals surface area (Å²) < 4.78 is 10.8. The third-order valence-electron chi connectivity index (χ3n) is 3.50. The van der Waals surface area contributed by atoms with Gasteiger partial charge in [-0.25, -0.2) is 9.59 Å². The molecule has 0 amide bonds. The van der Waals surface area contributed by atoms with Crippen LogP contribution in [-0.4, -0.2) is 37.8 Å². The molecule has 0 bridgehead atoms. The lowest BCUT2D eigenvalue weighted by Crippen LogP contribution is -2.37. The van der Waals surface area contributed by atoms with Crippen LogP contribution in [0.5, 0.6) is 0 Å². The molecule has 2 atom stereocenters. The summed E-state index contributed by atoms with van der Waals surface area (Å²) in [6.07, 6.45) is 16.6. The van der Waals surface area contributed by atoms with Gasteiger partial charge >= 0.3 is 0 Å². The quantitative estimate of drug-likeness (QED) is 0.586. The highest BCUT2D eigenvalue weighted by Gasteiger charge is 2.41. The molecule has 112 valence electrons. The minimum atomic E-state index is -1.34. The van der Waals surface area contributed by atoms with E-state index in [0.29, 0.717) is 11.1 Å². The number of allylic oxidation sites excluding steroid dienone is 4. The molecule has 6 nitrogen and oxygen atoms in total. The van der Waals surface area contributed by atoms with Crippen LogP contribution in [0.3, 0.4) is 0 Å². The smallest absolute Gasteiger partial charge is 0.238 e. The van der Waals surface area contributed by atoms with Gasteiger partial charge in [-0.2, -0.15) is 9.98 Å². The van der Waals surface area contributed by atoms with E-state index in [1.165, 1.54) is 26.4 Å². The molecule has 2 rings (SSSR count). The number of carbonyl (C=O) groups excluding carboxylic acids is 2. The zero-order valence-electron chi connectivity index (χ0n) is 12.1. The standard InChI is InChI=1S/C16H14N2O4/c1-21-15(17-11-19)9-5-3-7-13(15)14-8-4-6-10-16(14,22-2)18-12-20/h3-10H,1-2H3/b14-13+. The molecule has 22 heavy (non-hydrogen) atoms. The molecule has 0 aromatic carbocycles. The number of methoxy groups -OCH3 is 2. The predicted molar refractivity (Wildman–Crippen MR) is 79.3 cm³/mol. The Bertz CT molecular complexity index is 644. The molecule has 0 aromatic heterocycles. The van der Waals surface area contributed by atoms with Crippen LogP contribution in [0.1, 0.15) is 0 Å². The fraction of sp³-hybridized carbons (Fsp3) is 0.250. The summed E-state index contributed by atoms with van der Waals surface area (Å²) in [6, 6.07) is 0. The van der Waals surface area contributed by atoms with Crippen molar-refractivity contribution < 1.29 is 19.1 Å². The van der Waals surface area contributed by atoms with Crippen molar-refractivity contribution in [3.63, 3.8) is 0 Å². The van der Waals surface area contributed by atoms with Gasteiger partial charge in [-0.3, -0.25) is 0 Å². The van der Waals surface area contributed by atoms with Crippen molar-refractivity contribution in [3.05, 3.63) is 59.8 Å². The second kappa shape index (κ2) is 6.43. The van der Waals surface area contributed by atoms with E-state index in [-0.39, 0.29) is 0 Å². The molecule has 6 heteroatoms. The fourth-order valence-electron chi connectivity index (χ4n) is 2.44. The van der Waals surface area contributed by atoms with Crippen LogP contribution in [-0.2, 0) is 19.1 Å². The number of nitrogens with zero attached hydrogens (tertiary/aromatic N) is 2. The van der Waals surface area contributed by atoms with Gasteiger partial charge in [0, 0.05) is 25.4 Å². The zero-order valence-corrected chi connectivity index (χ0v) is 12.1. The van der Waals surface area contributed by atoms with Gasteiger partial charge in [0.05, 0.1) is 0 Å². The van der Waals surface area contributed by atoms with Crippen molar-refractivity contribution in [2.75, 3.05) is 14.2 Å². The molecule has 2 aliphatic carbocycles. The lowest BCUT2D eigenvalue weighted by molar-refractivity contribution is 0.0559. The summed E-state index contributed by atoms with van der Waals surface area (Å²) >= 11 is 0. The molecule has 2 unspecified atom stereocenters. The maximum absolute atomic E-state index is 10.8. The number of hydrogen-bond donors (Lipinski definition) is 0. The van der Waals surface area contributed by atoms with Crippen molar-refractivity contribution >= 4 is 12.2 Å². The first-order chi connectivity index (χ1) is 10.7. The minimum absolute atomic E-state index is 0.516. The normalized spacial score (nSPS) is 32.5. The molecule has 0 aromatic rings. The highest BCUT2D eigenvalue weighted by atomic mass is 16.5. The zero-order chi connectivity index (χ0) is 16.1. The molecule has 0 saturated carbocycles. The van der Waals surface area contributed by atoms with Gasteiger partial charge < -0.3 is 9.47 Å². The minimum Gasteiger partial charge on any atom is -0.349 e. The Morgan fingerprint density at radius 3 is 1.55 bits per heavy atom. The molecule has 0 radical (unpaired) electrons. The second-order valence-corrected chi connectivity index (χ2v) is 4.47. The van der Waals surface area contributed by atoms with Crippen molar-refractivity contribution in [2.45, 2.75) is 11.4 Å². The first-order valence-electron chi connectivity index (χ1n) is 6.43. The summed E-state index contributed by atoms with van der Waals surface area (Å²) in [5.74, 6) is 0. The Morgan fingerprint density at radius 1 is 0.818 bits per heavy atom. The summed E-state index contributed by atoms with van der Waals surface area (Å²) in [5, 5.41) is 0. The molecule has 0 fully saturated rings. The van der Waals surface area contributed by atoms with Crippen molar-refractivity contribution in [1.82, 2.24) is 0 Å². The maximum atomic E-state index is 10.8. The van der Waals surface area contributed by atoms with Crippen LogP contribution in [0.15, 0.2) is 69.7 Å². The van der Waals surface area contributed by atoms with Crippen molar-refractivity contribution in [3.8, 4) is 0 Å². The van der Waals surface area contributed by atoms with Crippen LogP contribution in [0.2, 0.25) is 0 Å². The summed E-state index contributed by atoms with van der Waals surface area (Å²) in [5.41, 5.74) is -1.66. The number of aliphatic imine (C=N–C) groups is 2. The van der Waals surface area contributed by atoms with E-state index < -0.39 is 11.4 Å². The van der Waals surface area contributed by atoms with Crippen LogP contribution in [0.25, 0.3) is 0 Å².